The van der Waals surface area contributed by atoms with E-state index >= 15 is 0 Å². The minimum Gasteiger partial charge on any atom is -0.394 e. The molecule has 3 N–H and O–H groups in total. The molecule has 0 saturated heterocycles. The number of H-pyrrole nitrogens is 1. The second kappa shape index (κ2) is 7.86. The summed E-state index contributed by atoms with van der Waals surface area (Å²) in [5.41, 5.74) is 1.32. The Morgan fingerprint density at radius 3 is 2.58 bits per heavy atom. The highest BCUT2D eigenvalue weighted by atomic mass is 32.2. The number of fused-ring (bicyclic) bond motifs is 1. The van der Waals surface area contributed by atoms with Gasteiger partial charge in [0.05, 0.1) is 23.2 Å². The van der Waals surface area contributed by atoms with Crippen molar-refractivity contribution in [2.75, 3.05) is 16.8 Å². The van der Waals surface area contributed by atoms with E-state index in [-0.39, 0.29) is 23.3 Å². The number of carbonyl (C=O) groups excluding carboxylic acids is 1. The zero-order valence-corrected chi connectivity index (χ0v) is 18.0. The monoisotopic (exact) mass is 444 g/mol. The van der Waals surface area contributed by atoms with Crippen LogP contribution in [0.1, 0.15) is 26.7 Å². The van der Waals surface area contributed by atoms with Crippen LogP contribution in [0.25, 0.3) is 11.0 Å². The number of hydrogen-bond donors (Lipinski definition) is 3. The van der Waals surface area contributed by atoms with Crippen LogP contribution in [-0.2, 0) is 14.9 Å². The molecular weight excluding hydrogens is 420 g/mol. The summed E-state index contributed by atoms with van der Waals surface area (Å²) < 4.78 is 30.7. The molecule has 2 aromatic carbocycles. The predicted octanol–water partition coefficient (Wildman–Crippen LogP) is 2.64. The van der Waals surface area contributed by atoms with Crippen molar-refractivity contribution in [2.45, 2.75) is 43.2 Å². The third kappa shape index (κ3) is 4.64. The van der Waals surface area contributed by atoms with E-state index < -0.39 is 15.7 Å². The molecule has 1 fully saturated rings. The first-order chi connectivity index (χ1) is 14.7. The second-order valence-corrected chi connectivity index (χ2v) is 9.76. The SMILES string of the molecule is CC(C)(CO)Nc1ccc(S(=O)(=O)Oc2ccc3nc(N(C=O)C4CC4)[nH]c3c2)cc1. The Morgan fingerprint density at radius 1 is 1.26 bits per heavy atom. The van der Waals surface area contributed by atoms with Gasteiger partial charge < -0.3 is 19.6 Å². The lowest BCUT2D eigenvalue weighted by molar-refractivity contribution is -0.107. The van der Waals surface area contributed by atoms with E-state index in [0.717, 1.165) is 19.3 Å². The number of rotatable bonds is 9. The Bertz CT molecular complexity index is 1200. The van der Waals surface area contributed by atoms with Gasteiger partial charge in [0.2, 0.25) is 12.4 Å². The number of aliphatic hydroxyl groups excluding tert-OH is 1. The zero-order chi connectivity index (χ0) is 22.2. The molecule has 1 heterocycles. The highest BCUT2D eigenvalue weighted by molar-refractivity contribution is 7.87. The van der Waals surface area contributed by atoms with E-state index in [4.69, 9.17) is 4.18 Å². The molecule has 10 heteroatoms. The highest BCUT2D eigenvalue weighted by Gasteiger charge is 2.31. The molecule has 1 saturated carbocycles. The second-order valence-electron chi connectivity index (χ2n) is 8.21. The number of carbonyl (C=O) groups is 1. The van der Waals surface area contributed by atoms with Crippen LogP contribution in [0.4, 0.5) is 11.6 Å². The largest absolute Gasteiger partial charge is 0.394 e. The van der Waals surface area contributed by atoms with Crippen molar-refractivity contribution in [3.8, 4) is 5.75 Å². The number of nitrogens with zero attached hydrogens (tertiary/aromatic N) is 2. The summed E-state index contributed by atoms with van der Waals surface area (Å²) in [7, 11) is -4.04. The molecule has 1 aromatic heterocycles. The summed E-state index contributed by atoms with van der Waals surface area (Å²) in [4.78, 5) is 20.3. The number of nitrogens with one attached hydrogen (secondary N) is 2. The van der Waals surface area contributed by atoms with Crippen LogP contribution in [-0.4, -0.2) is 48.1 Å². The standard InChI is InChI=1S/C21H24N4O5S/c1-21(2,12-26)24-14-3-8-17(9-4-14)31(28,29)30-16-7-10-18-19(11-16)23-20(22-18)25(13-27)15-5-6-15/h3-4,7-11,13,15,24,26H,5-6,12H2,1-2H3,(H,22,23). The van der Waals surface area contributed by atoms with Crippen molar-refractivity contribution in [3.63, 3.8) is 0 Å². The van der Waals surface area contributed by atoms with Gasteiger partial charge in [-0.3, -0.25) is 9.69 Å². The van der Waals surface area contributed by atoms with Crippen molar-refractivity contribution >= 4 is 39.2 Å². The molecule has 164 valence electrons. The first kappa shape index (κ1) is 21.1. The zero-order valence-electron chi connectivity index (χ0n) is 17.2. The smallest absolute Gasteiger partial charge is 0.339 e. The van der Waals surface area contributed by atoms with Gasteiger partial charge >= 0.3 is 10.1 Å². The van der Waals surface area contributed by atoms with Gasteiger partial charge in [-0.25, -0.2) is 4.98 Å². The molecule has 0 aliphatic heterocycles. The lowest BCUT2D eigenvalue weighted by Gasteiger charge is -2.24. The minimum atomic E-state index is -4.04. The Labute approximate surface area is 180 Å². The van der Waals surface area contributed by atoms with Crippen molar-refractivity contribution in [1.82, 2.24) is 9.97 Å². The fourth-order valence-corrected chi connectivity index (χ4v) is 4.04. The fraction of sp³-hybridized carbons (Fsp3) is 0.333. The van der Waals surface area contributed by atoms with Crippen molar-refractivity contribution < 1.29 is 22.5 Å². The first-order valence-corrected chi connectivity index (χ1v) is 11.3. The Balaban J connectivity index is 1.52. The number of benzene rings is 2. The molecule has 0 spiro atoms. The molecule has 0 bridgehead atoms. The maximum absolute atomic E-state index is 12.7. The van der Waals surface area contributed by atoms with Gasteiger partial charge in [-0.1, -0.05) is 0 Å². The van der Waals surface area contributed by atoms with E-state index in [0.29, 0.717) is 22.7 Å². The molecule has 1 aliphatic rings. The van der Waals surface area contributed by atoms with Crippen molar-refractivity contribution in [3.05, 3.63) is 42.5 Å². The highest BCUT2D eigenvalue weighted by Crippen LogP contribution is 2.31. The minimum absolute atomic E-state index is 0.00566. The summed E-state index contributed by atoms with van der Waals surface area (Å²) in [5.74, 6) is 0.566. The molecule has 9 nitrogen and oxygen atoms in total. The fourth-order valence-electron chi connectivity index (χ4n) is 3.12. The number of aromatic amines is 1. The molecular formula is C21H24N4O5S. The van der Waals surface area contributed by atoms with E-state index in [9.17, 15) is 18.3 Å². The van der Waals surface area contributed by atoms with Crippen LogP contribution in [0, 0.1) is 0 Å². The lowest BCUT2D eigenvalue weighted by atomic mass is 10.1. The Morgan fingerprint density at radius 2 is 1.97 bits per heavy atom. The number of anilines is 2. The maximum atomic E-state index is 12.7. The van der Waals surface area contributed by atoms with Gasteiger partial charge in [0.15, 0.2) is 0 Å². The molecule has 31 heavy (non-hydrogen) atoms. The number of aromatic nitrogens is 2. The first-order valence-electron chi connectivity index (χ1n) is 9.88. The Hall–Kier alpha value is -3.11. The van der Waals surface area contributed by atoms with Gasteiger partial charge in [0.1, 0.15) is 10.6 Å². The summed E-state index contributed by atoms with van der Waals surface area (Å²) >= 11 is 0. The average Bonchev–Trinajstić information content (AvgIpc) is 3.47. The van der Waals surface area contributed by atoms with Gasteiger partial charge in [-0.05, 0) is 63.1 Å². The van der Waals surface area contributed by atoms with Crippen LogP contribution >= 0.6 is 0 Å². The van der Waals surface area contributed by atoms with Crippen molar-refractivity contribution in [2.24, 2.45) is 0 Å². The van der Waals surface area contributed by atoms with E-state index in [2.05, 4.69) is 15.3 Å². The van der Waals surface area contributed by atoms with Gasteiger partial charge in [0.25, 0.3) is 0 Å². The number of amides is 1. The van der Waals surface area contributed by atoms with E-state index in [1.807, 2.05) is 13.8 Å². The van der Waals surface area contributed by atoms with Gasteiger partial charge in [-0.2, -0.15) is 8.42 Å². The number of aliphatic hydroxyl groups is 1. The summed E-state index contributed by atoms with van der Waals surface area (Å²) in [6.07, 6.45) is 2.62. The van der Waals surface area contributed by atoms with E-state index in [1.165, 1.54) is 18.2 Å². The third-order valence-corrected chi connectivity index (χ3v) is 6.23. The molecule has 1 aliphatic carbocycles. The quantitative estimate of drug-likeness (QED) is 0.342. The van der Waals surface area contributed by atoms with Crippen LogP contribution in [0.5, 0.6) is 5.75 Å². The average molecular weight is 445 g/mol. The van der Waals surface area contributed by atoms with Crippen LogP contribution in [0.15, 0.2) is 47.4 Å². The molecule has 4 rings (SSSR count). The molecule has 1 amide bonds. The summed E-state index contributed by atoms with van der Waals surface area (Å²) in [5, 5.41) is 12.5. The molecule has 0 radical (unpaired) electrons. The topological polar surface area (TPSA) is 125 Å². The molecule has 3 aromatic rings. The normalized spacial score (nSPS) is 14.4. The van der Waals surface area contributed by atoms with Crippen molar-refractivity contribution in [1.29, 1.82) is 0 Å². The van der Waals surface area contributed by atoms with Crippen LogP contribution in [0.2, 0.25) is 0 Å². The van der Waals surface area contributed by atoms with Crippen LogP contribution in [0.3, 0.4) is 0 Å². The number of imidazole rings is 1. The van der Waals surface area contributed by atoms with Gasteiger partial charge in [-0.15, -0.1) is 0 Å². The number of hydrogen-bond acceptors (Lipinski definition) is 7. The van der Waals surface area contributed by atoms with Gasteiger partial charge in [0, 0.05) is 17.8 Å². The predicted molar refractivity (Wildman–Crippen MR) is 117 cm³/mol. The van der Waals surface area contributed by atoms with Crippen LogP contribution < -0.4 is 14.4 Å². The molecule has 0 unspecified atom stereocenters. The lowest BCUT2D eigenvalue weighted by Crippen LogP contribution is -2.34. The summed E-state index contributed by atoms with van der Waals surface area (Å²) in [6.45, 7) is 3.59. The molecule has 0 atom stereocenters. The summed E-state index contributed by atoms with van der Waals surface area (Å²) in [6, 6.07) is 11.0. The third-order valence-electron chi connectivity index (χ3n) is 4.97. The maximum Gasteiger partial charge on any atom is 0.339 e. The van der Waals surface area contributed by atoms with E-state index in [1.54, 1.807) is 29.2 Å². The Kier molecular flexibility index (Phi) is 5.36.